The Labute approximate surface area is 131 Å². The Morgan fingerprint density at radius 3 is 2.73 bits per heavy atom. The van der Waals surface area contributed by atoms with Crippen LogP contribution in [0.25, 0.3) is 0 Å². The van der Waals surface area contributed by atoms with Crippen molar-refractivity contribution < 1.29 is 14.5 Å². The fourth-order valence-corrected chi connectivity index (χ4v) is 2.15. The van der Waals surface area contributed by atoms with Gasteiger partial charge in [0.25, 0.3) is 5.69 Å². The predicted molar refractivity (Wildman–Crippen MR) is 83.4 cm³/mol. The van der Waals surface area contributed by atoms with Gasteiger partial charge in [0.15, 0.2) is 0 Å². The number of halogens is 1. The molecule has 0 saturated heterocycles. The molecule has 0 aliphatic heterocycles. The van der Waals surface area contributed by atoms with Crippen LogP contribution in [-0.4, -0.2) is 17.9 Å². The number of rotatable bonds is 5. The average molecular weight is 321 g/mol. The van der Waals surface area contributed by atoms with Crippen molar-refractivity contribution in [3.05, 3.63) is 63.2 Å². The molecular weight excluding hydrogens is 308 g/mol. The number of anilines is 1. The van der Waals surface area contributed by atoms with Gasteiger partial charge >= 0.3 is 0 Å². The Morgan fingerprint density at radius 2 is 2.09 bits per heavy atom. The highest BCUT2D eigenvalue weighted by atomic mass is 35.5. The molecule has 0 spiro atoms. The zero-order valence-electron chi connectivity index (χ0n) is 11.7. The molecule has 0 aliphatic rings. The number of nitro groups is 1. The first-order valence-electron chi connectivity index (χ1n) is 6.36. The van der Waals surface area contributed by atoms with E-state index in [0.29, 0.717) is 10.8 Å². The molecule has 0 aliphatic carbocycles. The summed E-state index contributed by atoms with van der Waals surface area (Å²) in [5.74, 6) is 0.0334. The van der Waals surface area contributed by atoms with E-state index in [4.69, 9.17) is 16.3 Å². The van der Waals surface area contributed by atoms with E-state index in [1.165, 1.54) is 25.3 Å². The lowest BCUT2D eigenvalue weighted by molar-refractivity contribution is -0.384. The van der Waals surface area contributed by atoms with E-state index >= 15 is 0 Å². The van der Waals surface area contributed by atoms with Crippen LogP contribution in [0, 0.1) is 10.1 Å². The summed E-state index contributed by atoms with van der Waals surface area (Å²) in [5, 5.41) is 14.0. The van der Waals surface area contributed by atoms with Gasteiger partial charge in [0.2, 0.25) is 5.91 Å². The molecule has 7 heteroatoms. The highest BCUT2D eigenvalue weighted by Crippen LogP contribution is 2.29. The number of ether oxygens (including phenoxy) is 1. The summed E-state index contributed by atoms with van der Waals surface area (Å²) in [4.78, 5) is 22.3. The Bertz CT molecular complexity index is 718. The van der Waals surface area contributed by atoms with E-state index in [2.05, 4.69) is 5.32 Å². The van der Waals surface area contributed by atoms with Crippen molar-refractivity contribution in [3.8, 4) is 5.75 Å². The van der Waals surface area contributed by atoms with Crippen molar-refractivity contribution in [2.24, 2.45) is 0 Å². The van der Waals surface area contributed by atoms with Crippen LogP contribution >= 0.6 is 11.6 Å². The Kier molecular flexibility index (Phi) is 4.95. The second kappa shape index (κ2) is 6.91. The van der Waals surface area contributed by atoms with Crippen LogP contribution in [0.4, 0.5) is 11.4 Å². The monoisotopic (exact) mass is 320 g/mol. The summed E-state index contributed by atoms with van der Waals surface area (Å²) in [6, 6.07) is 10.9. The maximum Gasteiger partial charge on any atom is 0.271 e. The standard InChI is InChI=1S/C15H13ClN2O4/c1-22-14-6-5-12(18(20)21)9-13(14)17-15(19)8-10-3-2-4-11(16)7-10/h2-7,9H,8H2,1H3,(H,17,19). The lowest BCUT2D eigenvalue weighted by Crippen LogP contribution is -2.15. The lowest BCUT2D eigenvalue weighted by Gasteiger charge is -2.10. The third-order valence-corrected chi connectivity index (χ3v) is 3.16. The van der Waals surface area contributed by atoms with E-state index in [0.717, 1.165) is 5.56 Å². The molecule has 2 rings (SSSR count). The third-order valence-electron chi connectivity index (χ3n) is 2.92. The molecule has 0 atom stereocenters. The van der Waals surface area contributed by atoms with Gasteiger partial charge in [-0.1, -0.05) is 23.7 Å². The minimum Gasteiger partial charge on any atom is -0.495 e. The molecule has 0 unspecified atom stereocenters. The zero-order valence-corrected chi connectivity index (χ0v) is 12.5. The van der Waals surface area contributed by atoms with Gasteiger partial charge in [0, 0.05) is 17.2 Å². The molecule has 0 fully saturated rings. The number of nitrogens with zero attached hydrogens (tertiary/aromatic N) is 1. The summed E-state index contributed by atoms with van der Waals surface area (Å²) < 4.78 is 5.09. The number of nitro benzene ring substituents is 1. The minimum atomic E-state index is -0.536. The number of nitrogens with one attached hydrogen (secondary N) is 1. The summed E-state index contributed by atoms with van der Waals surface area (Å²) in [6.07, 6.45) is 0.104. The first kappa shape index (κ1) is 15.8. The van der Waals surface area contributed by atoms with Crippen LogP contribution in [0.3, 0.4) is 0 Å². The molecule has 2 aromatic carbocycles. The topological polar surface area (TPSA) is 81.5 Å². The molecule has 0 aromatic heterocycles. The van der Waals surface area contributed by atoms with Crippen molar-refractivity contribution in [1.29, 1.82) is 0 Å². The van der Waals surface area contributed by atoms with Crippen LogP contribution in [0.15, 0.2) is 42.5 Å². The molecule has 22 heavy (non-hydrogen) atoms. The van der Waals surface area contributed by atoms with Crippen LogP contribution < -0.4 is 10.1 Å². The summed E-state index contributed by atoms with van der Waals surface area (Å²) in [5.41, 5.74) is 0.872. The Hall–Kier alpha value is -2.60. The van der Waals surface area contributed by atoms with E-state index in [1.807, 2.05) is 0 Å². The van der Waals surface area contributed by atoms with E-state index in [-0.39, 0.29) is 23.7 Å². The molecule has 1 amide bonds. The van der Waals surface area contributed by atoms with Crippen molar-refractivity contribution in [1.82, 2.24) is 0 Å². The Balaban J connectivity index is 2.16. The molecule has 6 nitrogen and oxygen atoms in total. The number of carbonyl (C=O) groups is 1. The van der Waals surface area contributed by atoms with Gasteiger partial charge in [-0.25, -0.2) is 0 Å². The molecule has 0 saturated carbocycles. The summed E-state index contributed by atoms with van der Waals surface area (Å²) in [6.45, 7) is 0. The SMILES string of the molecule is COc1ccc([N+](=O)[O-])cc1NC(=O)Cc1cccc(Cl)c1. The average Bonchev–Trinajstić information content (AvgIpc) is 2.47. The highest BCUT2D eigenvalue weighted by molar-refractivity contribution is 6.30. The highest BCUT2D eigenvalue weighted by Gasteiger charge is 2.14. The zero-order chi connectivity index (χ0) is 16.1. The number of carbonyl (C=O) groups excluding carboxylic acids is 1. The number of amides is 1. The smallest absolute Gasteiger partial charge is 0.271 e. The van der Waals surface area contributed by atoms with Gasteiger partial charge in [0.05, 0.1) is 24.1 Å². The predicted octanol–water partition coefficient (Wildman–Crippen LogP) is 3.44. The Morgan fingerprint density at radius 1 is 1.32 bits per heavy atom. The van der Waals surface area contributed by atoms with Crippen LogP contribution in [0.1, 0.15) is 5.56 Å². The fraction of sp³-hybridized carbons (Fsp3) is 0.133. The number of hydrogen-bond donors (Lipinski definition) is 1. The van der Waals surface area contributed by atoms with Crippen molar-refractivity contribution in [3.63, 3.8) is 0 Å². The molecule has 1 N–H and O–H groups in total. The quantitative estimate of drug-likeness (QED) is 0.676. The van der Waals surface area contributed by atoms with Crippen molar-refractivity contribution in [2.75, 3.05) is 12.4 Å². The van der Waals surface area contributed by atoms with Gasteiger partial charge in [0.1, 0.15) is 5.75 Å². The summed E-state index contributed by atoms with van der Waals surface area (Å²) in [7, 11) is 1.42. The molecule has 0 radical (unpaired) electrons. The normalized spacial score (nSPS) is 10.1. The second-order valence-electron chi connectivity index (χ2n) is 4.50. The van der Waals surface area contributed by atoms with Gasteiger partial charge in [-0.2, -0.15) is 0 Å². The van der Waals surface area contributed by atoms with E-state index in [9.17, 15) is 14.9 Å². The first-order valence-corrected chi connectivity index (χ1v) is 6.74. The van der Waals surface area contributed by atoms with Crippen LogP contribution in [0.2, 0.25) is 5.02 Å². The molecule has 0 bridgehead atoms. The summed E-state index contributed by atoms with van der Waals surface area (Å²) >= 11 is 5.87. The fourth-order valence-electron chi connectivity index (χ4n) is 1.93. The second-order valence-corrected chi connectivity index (χ2v) is 4.93. The number of non-ortho nitro benzene ring substituents is 1. The lowest BCUT2D eigenvalue weighted by atomic mass is 10.1. The third kappa shape index (κ3) is 3.95. The van der Waals surface area contributed by atoms with Crippen molar-refractivity contribution in [2.45, 2.75) is 6.42 Å². The molecule has 114 valence electrons. The maximum absolute atomic E-state index is 12.1. The first-order chi connectivity index (χ1) is 10.5. The number of hydrogen-bond acceptors (Lipinski definition) is 4. The minimum absolute atomic E-state index is 0.104. The molecule has 2 aromatic rings. The van der Waals surface area contributed by atoms with Gasteiger partial charge < -0.3 is 10.1 Å². The maximum atomic E-state index is 12.1. The van der Waals surface area contributed by atoms with Crippen molar-refractivity contribution >= 4 is 28.9 Å². The number of benzene rings is 2. The van der Waals surface area contributed by atoms with Gasteiger partial charge in [-0.15, -0.1) is 0 Å². The molecular formula is C15H13ClN2O4. The largest absolute Gasteiger partial charge is 0.495 e. The van der Waals surface area contributed by atoms with Crippen LogP contribution in [-0.2, 0) is 11.2 Å². The van der Waals surface area contributed by atoms with Gasteiger partial charge in [-0.05, 0) is 23.8 Å². The van der Waals surface area contributed by atoms with E-state index in [1.54, 1.807) is 24.3 Å². The van der Waals surface area contributed by atoms with E-state index < -0.39 is 4.92 Å². The van der Waals surface area contributed by atoms with Gasteiger partial charge in [-0.3, -0.25) is 14.9 Å². The molecule has 0 heterocycles. The van der Waals surface area contributed by atoms with Crippen LogP contribution in [0.5, 0.6) is 5.75 Å². The number of methoxy groups -OCH3 is 1.